The summed E-state index contributed by atoms with van der Waals surface area (Å²) in [6.45, 7) is 10.3. The van der Waals surface area contributed by atoms with Crippen LogP contribution in [0.5, 0.6) is 5.88 Å². The van der Waals surface area contributed by atoms with Crippen LogP contribution in [0.15, 0.2) is 12.1 Å². The molecule has 0 radical (unpaired) electrons. The van der Waals surface area contributed by atoms with Crippen LogP contribution in [0.3, 0.4) is 0 Å². The molecule has 102 valence electrons. The van der Waals surface area contributed by atoms with Crippen LogP contribution in [-0.4, -0.2) is 18.6 Å². The van der Waals surface area contributed by atoms with E-state index in [2.05, 4.69) is 44.1 Å². The zero-order chi connectivity index (χ0) is 13.6. The predicted molar refractivity (Wildman–Crippen MR) is 76.1 cm³/mol. The molecule has 0 unspecified atom stereocenters. The first-order chi connectivity index (χ1) is 8.47. The fourth-order valence-electron chi connectivity index (χ4n) is 1.64. The van der Waals surface area contributed by atoms with Crippen LogP contribution in [0.2, 0.25) is 0 Å². The number of ether oxygens (including phenoxy) is 1. The Morgan fingerprint density at radius 1 is 1.28 bits per heavy atom. The fraction of sp³-hybridized carbons (Fsp3) is 0.667. The van der Waals surface area contributed by atoms with Gasteiger partial charge >= 0.3 is 0 Å². The van der Waals surface area contributed by atoms with Crippen molar-refractivity contribution in [1.29, 1.82) is 0 Å². The van der Waals surface area contributed by atoms with Gasteiger partial charge in [-0.05, 0) is 25.1 Å². The van der Waals surface area contributed by atoms with Gasteiger partial charge in [-0.1, -0.05) is 34.1 Å². The second kappa shape index (κ2) is 6.74. The van der Waals surface area contributed by atoms with Gasteiger partial charge in [-0.3, -0.25) is 0 Å². The van der Waals surface area contributed by atoms with E-state index in [1.807, 2.05) is 13.1 Å². The van der Waals surface area contributed by atoms with E-state index < -0.39 is 0 Å². The fourth-order valence-corrected chi connectivity index (χ4v) is 1.64. The highest BCUT2D eigenvalue weighted by Gasteiger charge is 2.17. The molecule has 0 aliphatic rings. The number of unbranched alkanes of at least 4 members (excludes halogenated alkanes) is 1. The average molecular weight is 250 g/mol. The maximum Gasteiger partial charge on any atom is 0.213 e. The standard InChI is InChI=1S/C15H26N2O/c1-6-7-8-18-14-10-12(11-16-5)9-13(17-14)15(2,3)4/h9-10,16H,6-8,11H2,1-5H3. The Kier molecular flexibility index (Phi) is 5.60. The van der Waals surface area contributed by atoms with E-state index in [0.29, 0.717) is 0 Å². The summed E-state index contributed by atoms with van der Waals surface area (Å²) in [5.41, 5.74) is 2.36. The lowest BCUT2D eigenvalue weighted by molar-refractivity contribution is 0.295. The highest BCUT2D eigenvalue weighted by atomic mass is 16.5. The van der Waals surface area contributed by atoms with Crippen molar-refractivity contribution in [2.24, 2.45) is 0 Å². The van der Waals surface area contributed by atoms with Gasteiger partial charge in [0.25, 0.3) is 0 Å². The minimum Gasteiger partial charge on any atom is -0.478 e. The lowest BCUT2D eigenvalue weighted by atomic mass is 9.91. The SMILES string of the molecule is CCCCOc1cc(CNC)cc(C(C)(C)C)n1. The second-order valence-corrected chi connectivity index (χ2v) is 5.68. The van der Waals surface area contributed by atoms with Gasteiger partial charge in [0.15, 0.2) is 0 Å². The number of pyridine rings is 1. The first kappa shape index (κ1) is 15.0. The highest BCUT2D eigenvalue weighted by Crippen LogP contribution is 2.24. The third-order valence-electron chi connectivity index (χ3n) is 2.76. The monoisotopic (exact) mass is 250 g/mol. The van der Waals surface area contributed by atoms with Crippen molar-refractivity contribution >= 4 is 0 Å². The van der Waals surface area contributed by atoms with Crippen molar-refractivity contribution < 1.29 is 4.74 Å². The summed E-state index contributed by atoms with van der Waals surface area (Å²) in [5.74, 6) is 0.751. The van der Waals surface area contributed by atoms with Crippen LogP contribution in [-0.2, 0) is 12.0 Å². The predicted octanol–water partition coefficient (Wildman–Crippen LogP) is 3.28. The molecule has 18 heavy (non-hydrogen) atoms. The average Bonchev–Trinajstić information content (AvgIpc) is 2.28. The zero-order valence-corrected chi connectivity index (χ0v) is 12.3. The van der Waals surface area contributed by atoms with Crippen LogP contribution in [0.1, 0.15) is 51.8 Å². The minimum absolute atomic E-state index is 0.0482. The number of hydrogen-bond acceptors (Lipinski definition) is 3. The molecule has 1 rings (SSSR count). The Balaban J connectivity index is 2.91. The quantitative estimate of drug-likeness (QED) is 0.787. The van der Waals surface area contributed by atoms with Gasteiger partial charge in [0, 0.05) is 18.0 Å². The molecule has 1 aromatic rings. The molecule has 0 aromatic carbocycles. The van der Waals surface area contributed by atoms with Crippen LogP contribution < -0.4 is 10.1 Å². The van der Waals surface area contributed by atoms with Crippen molar-refractivity contribution in [1.82, 2.24) is 10.3 Å². The van der Waals surface area contributed by atoms with Crippen molar-refractivity contribution in [2.75, 3.05) is 13.7 Å². The van der Waals surface area contributed by atoms with E-state index in [1.165, 1.54) is 5.56 Å². The highest BCUT2D eigenvalue weighted by molar-refractivity contribution is 5.28. The van der Waals surface area contributed by atoms with E-state index in [-0.39, 0.29) is 5.41 Å². The number of aromatic nitrogens is 1. The Morgan fingerprint density at radius 2 is 2.00 bits per heavy atom. The molecule has 0 amide bonds. The summed E-state index contributed by atoms with van der Waals surface area (Å²) in [6.07, 6.45) is 2.21. The van der Waals surface area contributed by atoms with Gasteiger partial charge in [0.05, 0.1) is 12.3 Å². The van der Waals surface area contributed by atoms with E-state index >= 15 is 0 Å². The van der Waals surface area contributed by atoms with Gasteiger partial charge in [-0.15, -0.1) is 0 Å². The molecular formula is C15H26N2O. The smallest absolute Gasteiger partial charge is 0.213 e. The summed E-state index contributed by atoms with van der Waals surface area (Å²) in [4.78, 5) is 4.61. The number of nitrogens with one attached hydrogen (secondary N) is 1. The molecule has 0 fully saturated rings. The lowest BCUT2D eigenvalue weighted by Gasteiger charge is -2.20. The summed E-state index contributed by atoms with van der Waals surface area (Å²) in [7, 11) is 1.95. The van der Waals surface area contributed by atoms with Gasteiger partial charge in [-0.25, -0.2) is 4.98 Å². The van der Waals surface area contributed by atoms with Crippen LogP contribution in [0, 0.1) is 0 Å². The zero-order valence-electron chi connectivity index (χ0n) is 12.3. The molecule has 0 bridgehead atoms. The Hall–Kier alpha value is -1.09. The Bertz CT molecular complexity index is 369. The van der Waals surface area contributed by atoms with Gasteiger partial charge in [0.1, 0.15) is 0 Å². The molecule has 0 aliphatic heterocycles. The van der Waals surface area contributed by atoms with Gasteiger partial charge < -0.3 is 10.1 Å². The topological polar surface area (TPSA) is 34.1 Å². The second-order valence-electron chi connectivity index (χ2n) is 5.68. The lowest BCUT2D eigenvalue weighted by Crippen LogP contribution is -2.16. The summed E-state index contributed by atoms with van der Waals surface area (Å²) < 4.78 is 5.73. The largest absolute Gasteiger partial charge is 0.478 e. The maximum absolute atomic E-state index is 5.73. The van der Waals surface area contributed by atoms with E-state index in [1.54, 1.807) is 0 Å². The molecule has 3 heteroatoms. The molecule has 3 nitrogen and oxygen atoms in total. The molecular weight excluding hydrogens is 224 g/mol. The Morgan fingerprint density at radius 3 is 2.56 bits per heavy atom. The number of nitrogens with zero attached hydrogens (tertiary/aromatic N) is 1. The van der Waals surface area contributed by atoms with Crippen LogP contribution in [0.25, 0.3) is 0 Å². The molecule has 0 saturated heterocycles. The van der Waals surface area contributed by atoms with E-state index in [4.69, 9.17) is 4.74 Å². The summed E-state index contributed by atoms with van der Waals surface area (Å²) in [6, 6.07) is 4.19. The summed E-state index contributed by atoms with van der Waals surface area (Å²) in [5, 5.41) is 3.17. The maximum atomic E-state index is 5.73. The molecule has 1 N–H and O–H groups in total. The van der Waals surface area contributed by atoms with E-state index in [0.717, 1.165) is 37.6 Å². The third kappa shape index (κ3) is 4.65. The van der Waals surface area contributed by atoms with Crippen LogP contribution in [0.4, 0.5) is 0 Å². The summed E-state index contributed by atoms with van der Waals surface area (Å²) >= 11 is 0. The molecule has 0 aliphatic carbocycles. The van der Waals surface area contributed by atoms with Crippen molar-refractivity contribution in [2.45, 2.75) is 52.5 Å². The normalized spacial score (nSPS) is 11.6. The Labute approximate surface area is 111 Å². The third-order valence-corrected chi connectivity index (χ3v) is 2.76. The molecule has 0 saturated carbocycles. The van der Waals surface area contributed by atoms with Gasteiger partial charge in [0.2, 0.25) is 5.88 Å². The van der Waals surface area contributed by atoms with Gasteiger partial charge in [-0.2, -0.15) is 0 Å². The number of hydrogen-bond donors (Lipinski definition) is 1. The first-order valence-corrected chi connectivity index (χ1v) is 6.76. The minimum atomic E-state index is 0.0482. The number of rotatable bonds is 6. The molecule has 0 spiro atoms. The molecule has 1 heterocycles. The van der Waals surface area contributed by atoms with Crippen molar-refractivity contribution in [3.05, 3.63) is 23.4 Å². The van der Waals surface area contributed by atoms with Crippen molar-refractivity contribution in [3.8, 4) is 5.88 Å². The first-order valence-electron chi connectivity index (χ1n) is 6.76. The molecule has 0 atom stereocenters. The van der Waals surface area contributed by atoms with Crippen molar-refractivity contribution in [3.63, 3.8) is 0 Å². The molecule has 1 aromatic heterocycles. The van der Waals surface area contributed by atoms with Crippen LogP contribution >= 0.6 is 0 Å². The van der Waals surface area contributed by atoms with E-state index in [9.17, 15) is 0 Å².